The third kappa shape index (κ3) is 3.39. The zero-order valence-electron chi connectivity index (χ0n) is 14.1. The molecule has 3 rings (SSSR count). The van der Waals surface area contributed by atoms with Gasteiger partial charge in [-0.3, -0.25) is 9.59 Å². The number of para-hydroxylation sites is 1. The Labute approximate surface area is 137 Å². The average molecular weight is 315 g/mol. The van der Waals surface area contributed by atoms with E-state index in [1.165, 1.54) is 0 Å². The summed E-state index contributed by atoms with van der Waals surface area (Å²) in [5.41, 5.74) is 3.00. The predicted molar refractivity (Wildman–Crippen MR) is 90.2 cm³/mol. The summed E-state index contributed by atoms with van der Waals surface area (Å²) in [5.74, 6) is -0.154. The summed E-state index contributed by atoms with van der Waals surface area (Å²) in [4.78, 5) is 29.1. The molecular formula is C18H25N3O2. The monoisotopic (exact) mass is 315 g/mol. The van der Waals surface area contributed by atoms with Gasteiger partial charge in [0.25, 0.3) is 0 Å². The number of carbonyl (C=O) groups excluding carboxylic acids is 2. The van der Waals surface area contributed by atoms with Crippen molar-refractivity contribution in [2.75, 3.05) is 38.5 Å². The van der Waals surface area contributed by atoms with Crippen molar-refractivity contribution in [3.63, 3.8) is 0 Å². The number of anilines is 1. The van der Waals surface area contributed by atoms with Gasteiger partial charge in [0.1, 0.15) is 0 Å². The lowest BCUT2D eigenvalue weighted by molar-refractivity contribution is -0.135. The second-order valence-electron chi connectivity index (χ2n) is 6.83. The molecule has 2 unspecified atom stereocenters. The van der Waals surface area contributed by atoms with Gasteiger partial charge < -0.3 is 15.1 Å². The summed E-state index contributed by atoms with van der Waals surface area (Å²) in [5, 5.41) is 3.02. The molecule has 2 atom stereocenters. The minimum Gasteiger partial charge on any atom is -0.340 e. The van der Waals surface area contributed by atoms with Crippen LogP contribution in [0, 0.1) is 25.7 Å². The van der Waals surface area contributed by atoms with Crippen molar-refractivity contribution in [1.29, 1.82) is 0 Å². The Morgan fingerprint density at radius 1 is 1.04 bits per heavy atom. The maximum atomic E-state index is 12.5. The molecule has 23 heavy (non-hydrogen) atoms. The Morgan fingerprint density at radius 3 is 2.26 bits per heavy atom. The molecule has 1 aromatic rings. The zero-order chi connectivity index (χ0) is 16.6. The number of hydrogen-bond acceptors (Lipinski definition) is 3. The molecule has 1 saturated heterocycles. The summed E-state index contributed by atoms with van der Waals surface area (Å²) < 4.78 is 0. The normalized spacial score (nSPS) is 24.4. The first-order valence-corrected chi connectivity index (χ1v) is 8.32. The van der Waals surface area contributed by atoms with Crippen molar-refractivity contribution in [2.24, 2.45) is 11.8 Å². The van der Waals surface area contributed by atoms with Gasteiger partial charge in [-0.2, -0.15) is 0 Å². The maximum absolute atomic E-state index is 12.5. The van der Waals surface area contributed by atoms with E-state index in [4.69, 9.17) is 0 Å². The molecule has 2 fully saturated rings. The highest BCUT2D eigenvalue weighted by molar-refractivity contribution is 6.00. The molecule has 1 aromatic carbocycles. The van der Waals surface area contributed by atoms with E-state index >= 15 is 0 Å². The average Bonchev–Trinajstić information content (AvgIpc) is 3.32. The van der Waals surface area contributed by atoms with Gasteiger partial charge >= 0.3 is 0 Å². The van der Waals surface area contributed by atoms with Crippen LogP contribution in [0.25, 0.3) is 0 Å². The number of hydrogen-bond donors (Lipinski definition) is 1. The van der Waals surface area contributed by atoms with Gasteiger partial charge in [0.15, 0.2) is 0 Å². The van der Waals surface area contributed by atoms with Crippen molar-refractivity contribution in [1.82, 2.24) is 9.80 Å². The van der Waals surface area contributed by atoms with Crippen LogP contribution in [0.15, 0.2) is 18.2 Å². The Morgan fingerprint density at radius 2 is 1.65 bits per heavy atom. The number of likely N-dealkylation sites (N-methyl/N-ethyl adjacent to an activating group) is 1. The van der Waals surface area contributed by atoms with E-state index in [1.807, 2.05) is 36.9 Å². The first kappa shape index (κ1) is 16.0. The summed E-state index contributed by atoms with van der Waals surface area (Å²) in [6.45, 7) is 7.36. The van der Waals surface area contributed by atoms with E-state index in [1.54, 1.807) is 0 Å². The van der Waals surface area contributed by atoms with Crippen molar-refractivity contribution in [3.8, 4) is 0 Å². The van der Waals surface area contributed by atoms with Crippen LogP contribution >= 0.6 is 0 Å². The molecule has 5 nitrogen and oxygen atoms in total. The number of rotatable bonds is 3. The molecule has 0 spiro atoms. The number of benzene rings is 1. The number of aryl methyl sites for hydroxylation is 2. The molecule has 0 aromatic heterocycles. The van der Waals surface area contributed by atoms with Crippen LogP contribution in [0.1, 0.15) is 17.5 Å². The van der Waals surface area contributed by atoms with E-state index in [-0.39, 0.29) is 23.7 Å². The van der Waals surface area contributed by atoms with Crippen LogP contribution < -0.4 is 5.32 Å². The summed E-state index contributed by atoms with van der Waals surface area (Å²) >= 11 is 0. The fourth-order valence-corrected chi connectivity index (χ4v) is 3.25. The molecular weight excluding hydrogens is 290 g/mol. The van der Waals surface area contributed by atoms with E-state index in [9.17, 15) is 9.59 Å². The van der Waals surface area contributed by atoms with Gasteiger partial charge in [-0.25, -0.2) is 0 Å². The Bertz CT molecular complexity index is 600. The largest absolute Gasteiger partial charge is 0.340 e. The Hall–Kier alpha value is -1.88. The molecule has 124 valence electrons. The third-order valence-corrected chi connectivity index (χ3v) is 4.99. The highest BCUT2D eigenvalue weighted by atomic mass is 16.2. The summed E-state index contributed by atoms with van der Waals surface area (Å²) in [6, 6.07) is 5.96. The smallest absolute Gasteiger partial charge is 0.228 e. The van der Waals surface area contributed by atoms with E-state index in [2.05, 4.69) is 17.3 Å². The Balaban J connectivity index is 1.58. The number of nitrogens with zero attached hydrogens (tertiary/aromatic N) is 2. The Kier molecular flexibility index (Phi) is 4.39. The van der Waals surface area contributed by atoms with Gasteiger partial charge in [-0.1, -0.05) is 18.2 Å². The fraction of sp³-hybridized carbons (Fsp3) is 0.556. The van der Waals surface area contributed by atoms with Crippen LogP contribution in [0.3, 0.4) is 0 Å². The van der Waals surface area contributed by atoms with Gasteiger partial charge in [0, 0.05) is 31.9 Å². The van der Waals surface area contributed by atoms with Crippen molar-refractivity contribution in [2.45, 2.75) is 20.3 Å². The zero-order valence-corrected chi connectivity index (χ0v) is 14.1. The molecule has 1 N–H and O–H groups in total. The van der Waals surface area contributed by atoms with Crippen LogP contribution in [-0.2, 0) is 9.59 Å². The van der Waals surface area contributed by atoms with Crippen LogP contribution in [0.4, 0.5) is 5.69 Å². The maximum Gasteiger partial charge on any atom is 0.228 e. The fourth-order valence-electron chi connectivity index (χ4n) is 3.25. The summed E-state index contributed by atoms with van der Waals surface area (Å²) in [7, 11) is 2.07. The lowest BCUT2D eigenvalue weighted by atomic mass is 10.1. The van der Waals surface area contributed by atoms with Gasteiger partial charge in [-0.05, 0) is 38.4 Å². The molecule has 5 heteroatoms. The highest BCUT2D eigenvalue weighted by Crippen LogP contribution is 2.41. The number of piperazine rings is 1. The second kappa shape index (κ2) is 6.32. The second-order valence-corrected chi connectivity index (χ2v) is 6.83. The predicted octanol–water partition coefficient (Wildman–Crippen LogP) is 1.65. The molecule has 2 amide bonds. The first-order valence-electron chi connectivity index (χ1n) is 8.32. The highest BCUT2D eigenvalue weighted by Gasteiger charge is 2.49. The van der Waals surface area contributed by atoms with Gasteiger partial charge in [0.05, 0.1) is 11.8 Å². The van der Waals surface area contributed by atoms with Crippen molar-refractivity contribution < 1.29 is 9.59 Å². The van der Waals surface area contributed by atoms with Crippen LogP contribution in [0.5, 0.6) is 0 Å². The molecule has 1 heterocycles. The van der Waals surface area contributed by atoms with Crippen LogP contribution in [-0.4, -0.2) is 54.8 Å². The van der Waals surface area contributed by atoms with E-state index in [0.717, 1.165) is 43.0 Å². The molecule has 1 aliphatic carbocycles. The molecule has 0 radical (unpaired) electrons. The molecule has 1 saturated carbocycles. The third-order valence-electron chi connectivity index (χ3n) is 4.99. The summed E-state index contributed by atoms with van der Waals surface area (Å²) in [6.07, 6.45) is 0.682. The number of nitrogens with one attached hydrogen (secondary N) is 1. The molecule has 2 aliphatic rings. The lowest BCUT2D eigenvalue weighted by Gasteiger charge is -2.32. The number of carbonyl (C=O) groups is 2. The minimum absolute atomic E-state index is 0.0186. The quantitative estimate of drug-likeness (QED) is 0.923. The lowest BCUT2D eigenvalue weighted by Crippen LogP contribution is -2.48. The van der Waals surface area contributed by atoms with Crippen molar-refractivity contribution >= 4 is 17.5 Å². The van der Waals surface area contributed by atoms with E-state index in [0.29, 0.717) is 6.42 Å². The SMILES string of the molecule is Cc1cccc(C)c1NC(=O)C1CC1C(=O)N1CCN(C)CC1. The van der Waals surface area contributed by atoms with Crippen molar-refractivity contribution in [3.05, 3.63) is 29.3 Å². The van der Waals surface area contributed by atoms with Gasteiger partial charge in [0.2, 0.25) is 11.8 Å². The van der Waals surface area contributed by atoms with Gasteiger partial charge in [-0.15, -0.1) is 0 Å². The van der Waals surface area contributed by atoms with E-state index < -0.39 is 0 Å². The minimum atomic E-state index is -0.166. The number of amides is 2. The topological polar surface area (TPSA) is 52.7 Å². The molecule has 1 aliphatic heterocycles. The standard InChI is InChI=1S/C18H25N3O2/c1-12-5-4-6-13(2)16(12)19-17(22)14-11-15(14)18(23)21-9-7-20(3)8-10-21/h4-6,14-15H,7-11H2,1-3H3,(H,19,22). The van der Waals surface area contributed by atoms with Crippen LogP contribution in [0.2, 0.25) is 0 Å². The first-order chi connectivity index (χ1) is 11.0. The molecule has 0 bridgehead atoms.